The number of hydrogen-bond donors (Lipinski definition) is 1. The first kappa shape index (κ1) is 16.9. The van der Waals surface area contributed by atoms with Crippen LogP contribution >= 0.6 is 11.6 Å². The van der Waals surface area contributed by atoms with Crippen molar-refractivity contribution in [3.8, 4) is 11.5 Å². The fraction of sp³-hybridized carbons (Fsp3) is 0.538. The van der Waals surface area contributed by atoms with Crippen molar-refractivity contribution in [2.45, 2.75) is 25.1 Å². The predicted molar refractivity (Wildman–Crippen MR) is 71.6 cm³/mol. The molecular formula is C13H17ClF3NO2. The monoisotopic (exact) mass is 311 g/mol. The smallest absolute Gasteiger partial charge is 0.389 e. The van der Waals surface area contributed by atoms with Crippen molar-refractivity contribution in [2.24, 2.45) is 0 Å². The summed E-state index contributed by atoms with van der Waals surface area (Å²) >= 11 is 6.05. The fourth-order valence-corrected chi connectivity index (χ4v) is 2.22. The highest BCUT2D eigenvalue weighted by atomic mass is 35.5. The lowest BCUT2D eigenvalue weighted by Crippen LogP contribution is -2.19. The number of rotatable bonds is 6. The van der Waals surface area contributed by atoms with Crippen LogP contribution in [0.3, 0.4) is 0 Å². The Balaban J connectivity index is 3.01. The summed E-state index contributed by atoms with van der Waals surface area (Å²) in [5, 5.41) is 3.15. The Morgan fingerprint density at radius 3 is 2.35 bits per heavy atom. The van der Waals surface area contributed by atoms with Gasteiger partial charge in [0.25, 0.3) is 0 Å². The van der Waals surface area contributed by atoms with E-state index >= 15 is 0 Å². The van der Waals surface area contributed by atoms with Crippen LogP contribution in [0.15, 0.2) is 12.1 Å². The molecule has 114 valence electrons. The van der Waals surface area contributed by atoms with Crippen molar-refractivity contribution in [1.82, 2.24) is 5.32 Å². The van der Waals surface area contributed by atoms with E-state index in [9.17, 15) is 13.2 Å². The quantitative estimate of drug-likeness (QED) is 0.862. The molecule has 0 spiro atoms. The number of nitrogens with one attached hydrogen (secondary N) is 1. The van der Waals surface area contributed by atoms with Gasteiger partial charge in [-0.15, -0.1) is 0 Å². The van der Waals surface area contributed by atoms with Crippen LogP contribution in [0.2, 0.25) is 5.02 Å². The van der Waals surface area contributed by atoms with Crippen LogP contribution in [0.4, 0.5) is 13.2 Å². The average Bonchev–Trinajstić information content (AvgIpc) is 2.37. The molecule has 20 heavy (non-hydrogen) atoms. The van der Waals surface area contributed by atoms with Gasteiger partial charge in [0.15, 0.2) is 11.5 Å². The average molecular weight is 312 g/mol. The van der Waals surface area contributed by atoms with Gasteiger partial charge in [-0.05, 0) is 31.2 Å². The zero-order valence-corrected chi connectivity index (χ0v) is 12.2. The molecule has 1 atom stereocenters. The largest absolute Gasteiger partial charge is 0.493 e. The maximum Gasteiger partial charge on any atom is 0.389 e. The summed E-state index contributed by atoms with van der Waals surface area (Å²) in [4.78, 5) is 0. The Bertz CT molecular complexity index is 452. The first-order valence-electron chi connectivity index (χ1n) is 5.97. The molecule has 0 saturated carbocycles. The Morgan fingerprint density at radius 1 is 1.25 bits per heavy atom. The third-order valence-corrected chi connectivity index (χ3v) is 3.20. The normalized spacial score (nSPS) is 13.2. The topological polar surface area (TPSA) is 30.5 Å². The maximum atomic E-state index is 12.3. The molecule has 0 aromatic heterocycles. The highest BCUT2D eigenvalue weighted by molar-refractivity contribution is 6.32. The van der Waals surface area contributed by atoms with Gasteiger partial charge in [0.1, 0.15) is 0 Å². The van der Waals surface area contributed by atoms with Gasteiger partial charge in [0.2, 0.25) is 0 Å². The summed E-state index contributed by atoms with van der Waals surface area (Å²) in [6.45, 7) is 0. The number of halogens is 4. The van der Waals surface area contributed by atoms with E-state index in [0.29, 0.717) is 22.1 Å². The molecule has 0 heterocycles. The number of ether oxygens (including phenoxy) is 2. The maximum absolute atomic E-state index is 12.3. The van der Waals surface area contributed by atoms with E-state index in [2.05, 4.69) is 5.32 Å². The molecule has 1 rings (SSSR count). The molecule has 0 aliphatic rings. The van der Waals surface area contributed by atoms with Crippen molar-refractivity contribution >= 4 is 11.6 Å². The summed E-state index contributed by atoms with van der Waals surface area (Å²) < 4.78 is 47.2. The minimum atomic E-state index is -4.19. The predicted octanol–water partition coefficient (Wildman–Crippen LogP) is 3.96. The van der Waals surface area contributed by atoms with Gasteiger partial charge in [-0.1, -0.05) is 11.6 Å². The first-order chi connectivity index (χ1) is 9.32. The van der Waals surface area contributed by atoms with Crippen LogP contribution in [-0.4, -0.2) is 27.4 Å². The molecule has 0 fully saturated rings. The number of methoxy groups -OCH3 is 2. The SMILES string of the molecule is CNC(CCC(F)(F)F)c1cc(Cl)c(OC)c(OC)c1. The van der Waals surface area contributed by atoms with Gasteiger partial charge in [-0.3, -0.25) is 0 Å². The lowest BCUT2D eigenvalue weighted by molar-refractivity contribution is -0.136. The Hall–Kier alpha value is -1.14. The molecule has 7 heteroatoms. The van der Waals surface area contributed by atoms with Crippen LogP contribution in [0, 0.1) is 0 Å². The number of hydrogen-bond acceptors (Lipinski definition) is 3. The van der Waals surface area contributed by atoms with E-state index in [-0.39, 0.29) is 6.42 Å². The first-order valence-corrected chi connectivity index (χ1v) is 6.35. The van der Waals surface area contributed by atoms with E-state index in [1.165, 1.54) is 14.2 Å². The third-order valence-electron chi connectivity index (χ3n) is 2.92. The molecule has 0 aliphatic heterocycles. The third kappa shape index (κ3) is 4.45. The summed E-state index contributed by atoms with van der Waals surface area (Å²) in [5.74, 6) is 0.755. The second-order valence-corrected chi connectivity index (χ2v) is 4.64. The zero-order valence-electron chi connectivity index (χ0n) is 11.5. The highest BCUT2D eigenvalue weighted by Gasteiger charge is 2.28. The van der Waals surface area contributed by atoms with E-state index in [1.54, 1.807) is 19.2 Å². The second kappa shape index (κ2) is 7.04. The summed E-state index contributed by atoms with van der Waals surface area (Å²) in [5.41, 5.74) is 0.624. The summed E-state index contributed by atoms with van der Waals surface area (Å²) in [7, 11) is 4.50. The fourth-order valence-electron chi connectivity index (χ4n) is 1.92. The molecule has 1 aromatic rings. The van der Waals surface area contributed by atoms with E-state index in [0.717, 1.165) is 0 Å². The molecule has 1 unspecified atom stereocenters. The molecule has 1 N–H and O–H groups in total. The molecular weight excluding hydrogens is 295 g/mol. The van der Waals surface area contributed by atoms with Gasteiger partial charge >= 0.3 is 6.18 Å². The van der Waals surface area contributed by atoms with Crippen LogP contribution in [0.5, 0.6) is 11.5 Å². The van der Waals surface area contributed by atoms with Gasteiger partial charge in [-0.25, -0.2) is 0 Å². The molecule has 1 aromatic carbocycles. The van der Waals surface area contributed by atoms with Crippen molar-refractivity contribution in [1.29, 1.82) is 0 Å². The Morgan fingerprint density at radius 2 is 1.90 bits per heavy atom. The number of benzene rings is 1. The summed E-state index contributed by atoms with van der Waals surface area (Å²) in [6.07, 6.45) is -5.13. The second-order valence-electron chi connectivity index (χ2n) is 4.23. The minimum Gasteiger partial charge on any atom is -0.493 e. The van der Waals surface area contributed by atoms with Crippen molar-refractivity contribution < 1.29 is 22.6 Å². The van der Waals surface area contributed by atoms with Crippen molar-refractivity contribution in [3.05, 3.63) is 22.7 Å². The molecule has 3 nitrogen and oxygen atoms in total. The minimum absolute atomic E-state index is 0.0776. The van der Waals surface area contributed by atoms with Crippen LogP contribution < -0.4 is 14.8 Å². The van der Waals surface area contributed by atoms with E-state index in [1.807, 2.05) is 0 Å². The highest BCUT2D eigenvalue weighted by Crippen LogP contribution is 2.38. The van der Waals surface area contributed by atoms with Crippen molar-refractivity contribution in [2.75, 3.05) is 21.3 Å². The lowest BCUT2D eigenvalue weighted by Gasteiger charge is -2.20. The standard InChI is InChI=1S/C13H17ClF3NO2/c1-18-10(4-5-13(15,16)17)8-6-9(14)12(20-3)11(7-8)19-2/h6-7,10,18H,4-5H2,1-3H3. The summed E-state index contributed by atoms with van der Waals surface area (Å²) in [6, 6.07) is 2.75. The van der Waals surface area contributed by atoms with Crippen LogP contribution in [-0.2, 0) is 0 Å². The van der Waals surface area contributed by atoms with Gasteiger partial charge in [-0.2, -0.15) is 13.2 Å². The lowest BCUT2D eigenvalue weighted by atomic mass is 10.0. The number of alkyl halides is 3. The van der Waals surface area contributed by atoms with Crippen LogP contribution in [0.1, 0.15) is 24.4 Å². The van der Waals surface area contributed by atoms with Gasteiger partial charge < -0.3 is 14.8 Å². The van der Waals surface area contributed by atoms with E-state index < -0.39 is 18.6 Å². The van der Waals surface area contributed by atoms with Gasteiger partial charge in [0, 0.05) is 12.5 Å². The van der Waals surface area contributed by atoms with Crippen molar-refractivity contribution in [3.63, 3.8) is 0 Å². The zero-order chi connectivity index (χ0) is 15.3. The molecule has 0 radical (unpaired) electrons. The molecule has 0 saturated heterocycles. The Labute approximate surface area is 121 Å². The molecule has 0 amide bonds. The Kier molecular flexibility index (Phi) is 5.95. The molecule has 0 aliphatic carbocycles. The van der Waals surface area contributed by atoms with Crippen LogP contribution in [0.25, 0.3) is 0 Å². The van der Waals surface area contributed by atoms with Gasteiger partial charge in [0.05, 0.1) is 19.2 Å². The van der Waals surface area contributed by atoms with E-state index in [4.69, 9.17) is 21.1 Å². The molecule has 0 bridgehead atoms.